The highest BCUT2D eigenvalue weighted by Gasteiger charge is 2.08. The molecule has 0 aliphatic carbocycles. The molecule has 0 spiro atoms. The fourth-order valence-corrected chi connectivity index (χ4v) is 3.35. The molecule has 2 rings (SSSR count). The SMILES string of the molecule is CCN[C@H](C)CNC(=O)CCc1nc2cc(Br)ccc2s1. The van der Waals surface area contributed by atoms with Gasteiger partial charge in [0, 0.05) is 29.9 Å². The van der Waals surface area contributed by atoms with Gasteiger partial charge in [-0.2, -0.15) is 0 Å². The molecule has 0 saturated carbocycles. The third-order valence-electron chi connectivity index (χ3n) is 3.12. The summed E-state index contributed by atoms with van der Waals surface area (Å²) >= 11 is 5.10. The number of amides is 1. The van der Waals surface area contributed by atoms with Gasteiger partial charge in [0.25, 0.3) is 0 Å². The summed E-state index contributed by atoms with van der Waals surface area (Å²) in [5, 5.41) is 7.23. The number of halogens is 1. The van der Waals surface area contributed by atoms with E-state index in [0.29, 0.717) is 25.4 Å². The molecule has 0 unspecified atom stereocenters. The molecule has 114 valence electrons. The summed E-state index contributed by atoms with van der Waals surface area (Å²) in [7, 11) is 0. The molecule has 1 aromatic heterocycles. The number of rotatable bonds is 7. The van der Waals surface area contributed by atoms with Crippen LogP contribution in [0.15, 0.2) is 22.7 Å². The molecular weight excluding hydrogens is 350 g/mol. The van der Waals surface area contributed by atoms with Crippen LogP contribution in [0.2, 0.25) is 0 Å². The first-order valence-electron chi connectivity index (χ1n) is 7.13. The van der Waals surface area contributed by atoms with Crippen molar-refractivity contribution in [3.8, 4) is 0 Å². The minimum atomic E-state index is 0.0835. The van der Waals surface area contributed by atoms with Gasteiger partial charge in [-0.1, -0.05) is 22.9 Å². The Bertz CT molecular complexity index is 614. The largest absolute Gasteiger partial charge is 0.355 e. The Morgan fingerprint density at radius 1 is 1.48 bits per heavy atom. The number of benzene rings is 1. The Kier molecular flexibility index (Phi) is 6.14. The van der Waals surface area contributed by atoms with E-state index in [1.165, 1.54) is 0 Å². The quantitative estimate of drug-likeness (QED) is 0.788. The molecule has 6 heteroatoms. The molecule has 1 heterocycles. The van der Waals surface area contributed by atoms with Crippen molar-refractivity contribution in [1.82, 2.24) is 15.6 Å². The number of carbonyl (C=O) groups is 1. The maximum absolute atomic E-state index is 11.8. The monoisotopic (exact) mass is 369 g/mol. The van der Waals surface area contributed by atoms with Crippen molar-refractivity contribution < 1.29 is 4.79 Å². The number of aryl methyl sites for hydroxylation is 1. The van der Waals surface area contributed by atoms with Crippen LogP contribution in [0, 0.1) is 0 Å². The normalized spacial score (nSPS) is 12.5. The number of aromatic nitrogens is 1. The second-order valence-electron chi connectivity index (χ2n) is 4.98. The Labute approximate surface area is 137 Å². The molecule has 0 radical (unpaired) electrons. The standard InChI is InChI=1S/C15H20BrN3OS/c1-3-17-10(2)9-18-14(20)6-7-15-19-12-8-11(16)4-5-13(12)21-15/h4-5,8,10,17H,3,6-7,9H2,1-2H3,(H,18,20)/t10-/m1/s1. The number of likely N-dealkylation sites (N-methyl/N-ethyl adjacent to an activating group) is 1. The van der Waals surface area contributed by atoms with Crippen molar-refractivity contribution >= 4 is 43.4 Å². The molecule has 0 fully saturated rings. The summed E-state index contributed by atoms with van der Waals surface area (Å²) in [6.45, 7) is 5.71. The highest BCUT2D eigenvalue weighted by Crippen LogP contribution is 2.25. The van der Waals surface area contributed by atoms with Crippen LogP contribution in [-0.2, 0) is 11.2 Å². The molecule has 0 saturated heterocycles. The van der Waals surface area contributed by atoms with Crippen molar-refractivity contribution in [2.45, 2.75) is 32.7 Å². The van der Waals surface area contributed by atoms with Gasteiger partial charge in [-0.05, 0) is 31.7 Å². The maximum atomic E-state index is 11.8. The predicted octanol–water partition coefficient (Wildman–Crippen LogP) is 3.11. The number of carbonyl (C=O) groups excluding carboxylic acids is 1. The fourth-order valence-electron chi connectivity index (χ4n) is 2.05. The summed E-state index contributed by atoms with van der Waals surface area (Å²) in [4.78, 5) is 16.4. The van der Waals surface area contributed by atoms with Gasteiger partial charge in [-0.25, -0.2) is 4.98 Å². The number of nitrogens with zero attached hydrogens (tertiary/aromatic N) is 1. The van der Waals surface area contributed by atoms with Gasteiger partial charge in [-0.3, -0.25) is 4.79 Å². The van der Waals surface area contributed by atoms with Crippen LogP contribution in [0.3, 0.4) is 0 Å². The van der Waals surface area contributed by atoms with Crippen molar-refractivity contribution in [3.05, 3.63) is 27.7 Å². The third-order valence-corrected chi connectivity index (χ3v) is 4.71. The summed E-state index contributed by atoms with van der Waals surface area (Å²) in [5.74, 6) is 0.0835. The predicted molar refractivity (Wildman–Crippen MR) is 91.8 cm³/mol. The second kappa shape index (κ2) is 7.87. The van der Waals surface area contributed by atoms with Crippen molar-refractivity contribution in [1.29, 1.82) is 0 Å². The van der Waals surface area contributed by atoms with Gasteiger partial charge < -0.3 is 10.6 Å². The topological polar surface area (TPSA) is 54.0 Å². The van der Waals surface area contributed by atoms with Gasteiger partial charge in [0.2, 0.25) is 5.91 Å². The molecule has 0 bridgehead atoms. The number of fused-ring (bicyclic) bond motifs is 1. The van der Waals surface area contributed by atoms with Crippen LogP contribution in [0.1, 0.15) is 25.3 Å². The first kappa shape index (κ1) is 16.4. The van der Waals surface area contributed by atoms with Gasteiger partial charge in [0.15, 0.2) is 0 Å². The fraction of sp³-hybridized carbons (Fsp3) is 0.467. The second-order valence-corrected chi connectivity index (χ2v) is 7.01. The third kappa shape index (κ3) is 5.05. The average molecular weight is 370 g/mol. The van der Waals surface area contributed by atoms with Crippen LogP contribution in [0.5, 0.6) is 0 Å². The zero-order chi connectivity index (χ0) is 15.2. The van der Waals surface area contributed by atoms with E-state index in [9.17, 15) is 4.79 Å². The first-order valence-corrected chi connectivity index (χ1v) is 8.74. The summed E-state index contributed by atoms with van der Waals surface area (Å²) < 4.78 is 2.19. The van der Waals surface area contributed by atoms with E-state index in [2.05, 4.69) is 51.5 Å². The molecule has 2 N–H and O–H groups in total. The molecule has 1 aromatic carbocycles. The Morgan fingerprint density at radius 2 is 2.29 bits per heavy atom. The average Bonchev–Trinajstić information content (AvgIpc) is 2.85. The summed E-state index contributed by atoms with van der Waals surface area (Å²) in [6, 6.07) is 6.38. The molecule has 4 nitrogen and oxygen atoms in total. The van der Waals surface area contributed by atoms with Crippen LogP contribution >= 0.6 is 27.3 Å². The highest BCUT2D eigenvalue weighted by molar-refractivity contribution is 9.10. The lowest BCUT2D eigenvalue weighted by atomic mass is 10.3. The number of nitrogens with one attached hydrogen (secondary N) is 2. The van der Waals surface area contributed by atoms with Crippen LogP contribution in [-0.4, -0.2) is 30.0 Å². The molecule has 1 atom stereocenters. The summed E-state index contributed by atoms with van der Waals surface area (Å²) in [5.41, 5.74) is 0.991. The number of thiazole rings is 1. The molecular formula is C15H20BrN3OS. The Balaban J connectivity index is 1.82. The minimum Gasteiger partial charge on any atom is -0.355 e. The molecule has 0 aliphatic heterocycles. The van der Waals surface area contributed by atoms with E-state index >= 15 is 0 Å². The lowest BCUT2D eigenvalue weighted by molar-refractivity contribution is -0.121. The Morgan fingerprint density at radius 3 is 3.05 bits per heavy atom. The van der Waals surface area contributed by atoms with E-state index < -0.39 is 0 Å². The molecule has 0 aliphatic rings. The van der Waals surface area contributed by atoms with Gasteiger partial charge in [0.05, 0.1) is 15.2 Å². The molecule has 2 aromatic rings. The van der Waals surface area contributed by atoms with Crippen molar-refractivity contribution in [2.75, 3.05) is 13.1 Å². The highest BCUT2D eigenvalue weighted by atomic mass is 79.9. The maximum Gasteiger partial charge on any atom is 0.220 e. The zero-order valence-corrected chi connectivity index (χ0v) is 14.7. The molecule has 21 heavy (non-hydrogen) atoms. The smallest absolute Gasteiger partial charge is 0.220 e. The van der Waals surface area contributed by atoms with E-state index in [-0.39, 0.29) is 5.91 Å². The lowest BCUT2D eigenvalue weighted by Gasteiger charge is -2.12. The van der Waals surface area contributed by atoms with Crippen LogP contribution in [0.4, 0.5) is 0 Å². The molecule has 1 amide bonds. The summed E-state index contributed by atoms with van der Waals surface area (Å²) in [6.07, 6.45) is 1.18. The van der Waals surface area contributed by atoms with Gasteiger partial charge >= 0.3 is 0 Å². The van der Waals surface area contributed by atoms with E-state index in [4.69, 9.17) is 0 Å². The van der Waals surface area contributed by atoms with E-state index in [0.717, 1.165) is 26.2 Å². The lowest BCUT2D eigenvalue weighted by Crippen LogP contribution is -2.38. The van der Waals surface area contributed by atoms with E-state index in [1.54, 1.807) is 11.3 Å². The number of hydrogen-bond donors (Lipinski definition) is 2. The Hall–Kier alpha value is -0.980. The first-order chi connectivity index (χ1) is 10.1. The van der Waals surface area contributed by atoms with Gasteiger partial charge in [0.1, 0.15) is 0 Å². The van der Waals surface area contributed by atoms with E-state index in [1.807, 2.05) is 12.1 Å². The zero-order valence-electron chi connectivity index (χ0n) is 12.3. The van der Waals surface area contributed by atoms with Crippen LogP contribution in [0.25, 0.3) is 10.2 Å². The van der Waals surface area contributed by atoms with Gasteiger partial charge in [-0.15, -0.1) is 11.3 Å². The number of hydrogen-bond acceptors (Lipinski definition) is 4. The minimum absolute atomic E-state index is 0.0835. The van der Waals surface area contributed by atoms with Crippen molar-refractivity contribution in [3.63, 3.8) is 0 Å². The van der Waals surface area contributed by atoms with Crippen molar-refractivity contribution in [2.24, 2.45) is 0 Å². The van der Waals surface area contributed by atoms with Crippen LogP contribution < -0.4 is 10.6 Å².